The lowest BCUT2D eigenvalue weighted by Crippen LogP contribution is -2.28. The molecule has 2 N–H and O–H groups in total. The molecule has 126 valence electrons. The minimum Gasteiger partial charge on any atom is -0.334 e. The zero-order valence-corrected chi connectivity index (χ0v) is 14.9. The van der Waals surface area contributed by atoms with Crippen LogP contribution in [-0.4, -0.2) is 6.03 Å². The molecule has 0 aliphatic carbocycles. The Hall–Kier alpha value is -2.66. The van der Waals surface area contributed by atoms with Crippen molar-refractivity contribution in [3.05, 3.63) is 88.6 Å². The van der Waals surface area contributed by atoms with Gasteiger partial charge in [0.2, 0.25) is 0 Å². The normalized spacial score (nSPS) is 10.3. The maximum Gasteiger partial charge on any atom is 0.319 e. The van der Waals surface area contributed by atoms with Gasteiger partial charge in [-0.2, -0.15) is 0 Å². The number of hydrogen-bond acceptors (Lipinski definition) is 1. The Labute approximate surface area is 154 Å². The average molecular weight is 399 g/mol. The Balaban J connectivity index is 1.71. The van der Waals surface area contributed by atoms with Crippen LogP contribution in [0.25, 0.3) is 11.1 Å². The molecule has 25 heavy (non-hydrogen) atoms. The first-order chi connectivity index (χ1) is 12.1. The predicted molar refractivity (Wildman–Crippen MR) is 102 cm³/mol. The number of amides is 2. The topological polar surface area (TPSA) is 41.1 Å². The van der Waals surface area contributed by atoms with Crippen molar-refractivity contribution in [3.8, 4) is 11.1 Å². The number of nitrogens with one attached hydrogen (secondary N) is 2. The number of carbonyl (C=O) groups is 1. The molecular formula is C20H16BrFN2O. The Morgan fingerprint density at radius 3 is 2.48 bits per heavy atom. The summed E-state index contributed by atoms with van der Waals surface area (Å²) < 4.78 is 14.5. The fourth-order valence-corrected chi connectivity index (χ4v) is 2.89. The summed E-state index contributed by atoms with van der Waals surface area (Å²) in [5, 5.41) is 5.51. The van der Waals surface area contributed by atoms with Gasteiger partial charge in [0.15, 0.2) is 0 Å². The van der Waals surface area contributed by atoms with E-state index in [2.05, 4.69) is 26.6 Å². The molecule has 3 aromatic carbocycles. The third-order valence-electron chi connectivity index (χ3n) is 3.71. The van der Waals surface area contributed by atoms with Crippen LogP contribution in [0.15, 0.2) is 77.3 Å². The van der Waals surface area contributed by atoms with Crippen molar-refractivity contribution in [3.63, 3.8) is 0 Å². The van der Waals surface area contributed by atoms with E-state index in [-0.39, 0.29) is 18.4 Å². The molecule has 3 rings (SSSR count). The first-order valence-corrected chi connectivity index (χ1v) is 8.56. The van der Waals surface area contributed by atoms with E-state index >= 15 is 0 Å². The lowest BCUT2D eigenvalue weighted by Gasteiger charge is -2.12. The van der Waals surface area contributed by atoms with Crippen molar-refractivity contribution in [1.82, 2.24) is 5.32 Å². The van der Waals surface area contributed by atoms with E-state index < -0.39 is 0 Å². The van der Waals surface area contributed by atoms with Gasteiger partial charge in [0.05, 0.1) is 5.69 Å². The number of benzene rings is 3. The van der Waals surface area contributed by atoms with Gasteiger partial charge >= 0.3 is 6.03 Å². The quantitative estimate of drug-likeness (QED) is 0.591. The van der Waals surface area contributed by atoms with Crippen LogP contribution in [0.5, 0.6) is 0 Å². The van der Waals surface area contributed by atoms with Crippen LogP contribution in [0.3, 0.4) is 0 Å². The van der Waals surface area contributed by atoms with Gasteiger partial charge in [-0.15, -0.1) is 0 Å². The number of urea groups is 1. The van der Waals surface area contributed by atoms with Crippen LogP contribution in [0.2, 0.25) is 0 Å². The number of hydrogen-bond donors (Lipinski definition) is 2. The van der Waals surface area contributed by atoms with Gasteiger partial charge in [0, 0.05) is 22.1 Å². The number of rotatable bonds is 4. The van der Waals surface area contributed by atoms with Crippen LogP contribution in [0.4, 0.5) is 14.9 Å². The highest BCUT2D eigenvalue weighted by molar-refractivity contribution is 9.10. The molecule has 0 aliphatic heterocycles. The number of para-hydroxylation sites is 1. The minimum absolute atomic E-state index is 0.102. The molecule has 0 saturated heterocycles. The average Bonchev–Trinajstić information content (AvgIpc) is 2.64. The standard InChI is InChI=1S/C20H16BrFN2O/c21-16-10-11-18(22)15(12-16)13-23-20(25)24-19-9-5-4-8-17(19)14-6-2-1-3-7-14/h1-12H,13H2,(H2,23,24,25). The van der Waals surface area contributed by atoms with Gasteiger partial charge in [-0.25, -0.2) is 9.18 Å². The second-order valence-corrected chi connectivity index (χ2v) is 6.37. The van der Waals surface area contributed by atoms with E-state index in [1.54, 1.807) is 12.1 Å². The van der Waals surface area contributed by atoms with Crippen molar-refractivity contribution in [2.45, 2.75) is 6.54 Å². The van der Waals surface area contributed by atoms with Crippen molar-refractivity contribution < 1.29 is 9.18 Å². The second-order valence-electron chi connectivity index (χ2n) is 5.46. The molecule has 3 nitrogen and oxygen atoms in total. The fraction of sp³-hybridized carbons (Fsp3) is 0.0500. The summed E-state index contributed by atoms with van der Waals surface area (Å²) in [7, 11) is 0. The van der Waals surface area contributed by atoms with Gasteiger partial charge in [-0.05, 0) is 29.8 Å². The number of anilines is 1. The lowest BCUT2D eigenvalue weighted by molar-refractivity contribution is 0.251. The van der Waals surface area contributed by atoms with Crippen LogP contribution in [-0.2, 0) is 6.54 Å². The van der Waals surface area contributed by atoms with Gasteiger partial charge in [-0.3, -0.25) is 0 Å². The van der Waals surface area contributed by atoms with Gasteiger partial charge < -0.3 is 10.6 Å². The molecule has 0 radical (unpaired) electrons. The highest BCUT2D eigenvalue weighted by atomic mass is 79.9. The van der Waals surface area contributed by atoms with E-state index in [4.69, 9.17) is 0 Å². The number of carbonyl (C=O) groups excluding carboxylic acids is 1. The van der Waals surface area contributed by atoms with Crippen molar-refractivity contribution in [1.29, 1.82) is 0 Å². The Morgan fingerprint density at radius 2 is 1.68 bits per heavy atom. The van der Waals surface area contributed by atoms with Crippen LogP contribution in [0.1, 0.15) is 5.56 Å². The summed E-state index contributed by atoms with van der Waals surface area (Å²) in [5.41, 5.74) is 3.05. The zero-order chi connectivity index (χ0) is 17.6. The van der Waals surface area contributed by atoms with E-state index in [9.17, 15) is 9.18 Å². The van der Waals surface area contributed by atoms with Crippen molar-refractivity contribution >= 4 is 27.6 Å². The summed E-state index contributed by atoms with van der Waals surface area (Å²) in [6.07, 6.45) is 0. The molecule has 0 aromatic heterocycles. The smallest absolute Gasteiger partial charge is 0.319 e. The minimum atomic E-state index is -0.386. The third-order valence-corrected chi connectivity index (χ3v) is 4.20. The number of halogens is 2. The summed E-state index contributed by atoms with van der Waals surface area (Å²) in [6.45, 7) is 0.102. The monoisotopic (exact) mass is 398 g/mol. The zero-order valence-electron chi connectivity index (χ0n) is 13.3. The van der Waals surface area contributed by atoms with Crippen LogP contribution in [0, 0.1) is 5.82 Å². The maximum atomic E-state index is 13.7. The Bertz CT molecular complexity index is 884. The van der Waals surface area contributed by atoms with Crippen LogP contribution < -0.4 is 10.6 Å². The van der Waals surface area contributed by atoms with E-state index in [0.29, 0.717) is 11.3 Å². The Kier molecular flexibility index (Phi) is 5.46. The first kappa shape index (κ1) is 17.2. The van der Waals surface area contributed by atoms with Crippen LogP contribution >= 0.6 is 15.9 Å². The highest BCUT2D eigenvalue weighted by Crippen LogP contribution is 2.27. The van der Waals surface area contributed by atoms with E-state index in [1.165, 1.54) is 6.07 Å². The van der Waals surface area contributed by atoms with Gasteiger partial charge in [-0.1, -0.05) is 64.5 Å². The van der Waals surface area contributed by atoms with E-state index in [1.807, 2.05) is 54.6 Å². The SMILES string of the molecule is O=C(NCc1cc(Br)ccc1F)Nc1ccccc1-c1ccccc1. The first-order valence-electron chi connectivity index (χ1n) is 7.77. The molecule has 0 aliphatic rings. The highest BCUT2D eigenvalue weighted by Gasteiger charge is 2.09. The molecule has 0 saturated carbocycles. The van der Waals surface area contributed by atoms with Crippen molar-refractivity contribution in [2.75, 3.05) is 5.32 Å². The van der Waals surface area contributed by atoms with Gasteiger partial charge in [0.1, 0.15) is 5.82 Å². The summed E-state index contributed by atoms with van der Waals surface area (Å²) in [5.74, 6) is -0.354. The maximum absolute atomic E-state index is 13.7. The molecule has 0 spiro atoms. The lowest BCUT2D eigenvalue weighted by atomic mass is 10.0. The fourth-order valence-electron chi connectivity index (χ4n) is 2.48. The third kappa shape index (κ3) is 4.45. The molecule has 5 heteroatoms. The molecule has 0 bridgehead atoms. The molecular weight excluding hydrogens is 383 g/mol. The second kappa shape index (κ2) is 7.94. The van der Waals surface area contributed by atoms with Gasteiger partial charge in [0.25, 0.3) is 0 Å². The molecule has 0 heterocycles. The summed E-state index contributed by atoms with van der Waals surface area (Å²) in [4.78, 5) is 12.2. The summed E-state index contributed by atoms with van der Waals surface area (Å²) >= 11 is 3.30. The molecule has 3 aromatic rings. The van der Waals surface area contributed by atoms with Crippen molar-refractivity contribution in [2.24, 2.45) is 0 Å². The molecule has 0 fully saturated rings. The molecule has 0 atom stereocenters. The van der Waals surface area contributed by atoms with E-state index in [0.717, 1.165) is 15.6 Å². The summed E-state index contributed by atoms with van der Waals surface area (Å²) in [6, 6.07) is 21.6. The largest absolute Gasteiger partial charge is 0.334 e. The molecule has 0 unspecified atom stereocenters. The Morgan fingerprint density at radius 1 is 0.960 bits per heavy atom. The molecule has 2 amide bonds. The predicted octanol–water partition coefficient (Wildman–Crippen LogP) is 5.58.